The van der Waals surface area contributed by atoms with Gasteiger partial charge in [-0.2, -0.15) is 0 Å². The smallest absolute Gasteiger partial charge is 0.229 e. The van der Waals surface area contributed by atoms with Gasteiger partial charge in [0.2, 0.25) is 5.91 Å². The van der Waals surface area contributed by atoms with E-state index in [1.807, 2.05) is 48.5 Å². The van der Waals surface area contributed by atoms with Gasteiger partial charge in [0, 0.05) is 24.3 Å². The van der Waals surface area contributed by atoms with E-state index in [0.717, 1.165) is 54.3 Å². The zero-order valence-corrected chi connectivity index (χ0v) is 19.5. The summed E-state index contributed by atoms with van der Waals surface area (Å²) in [4.78, 5) is 15.1. The van der Waals surface area contributed by atoms with Gasteiger partial charge in [0.1, 0.15) is 5.75 Å². The molecule has 6 nitrogen and oxygen atoms in total. The van der Waals surface area contributed by atoms with Gasteiger partial charge in [0.05, 0.1) is 18.7 Å². The second-order valence-corrected chi connectivity index (χ2v) is 8.55. The molecule has 0 aliphatic carbocycles. The van der Waals surface area contributed by atoms with Crippen LogP contribution in [0.25, 0.3) is 11.3 Å². The molecule has 0 saturated carbocycles. The maximum Gasteiger partial charge on any atom is 0.229 e. The minimum Gasteiger partial charge on any atom is -0.496 e. The highest BCUT2D eigenvalue weighted by Gasteiger charge is 2.27. The Bertz CT molecular complexity index is 1050. The number of amides is 1. The molecule has 0 bridgehead atoms. The number of unbranched alkanes of at least 4 members (excludes halogenated alkanes) is 1. The fraction of sp³-hybridized carbons (Fsp3) is 0.370. The monoisotopic (exact) mass is 444 g/mol. The van der Waals surface area contributed by atoms with Gasteiger partial charge in [-0.05, 0) is 67.6 Å². The summed E-state index contributed by atoms with van der Waals surface area (Å²) in [5.74, 6) is 1.56. The summed E-state index contributed by atoms with van der Waals surface area (Å²) < 4.78 is 5.44. The van der Waals surface area contributed by atoms with Crippen LogP contribution in [0.3, 0.4) is 0 Å². The molecule has 1 atom stereocenters. The standard InChI is InChI=1S/C27H32N4O2/c1-3-4-8-20-12-14-22(15-13-20)28-27(32)21-9-7-18-31(19-21)26-17-16-24(29-30-26)23-10-5-6-11-25(23)33-2/h5-6,10-17,21H,3-4,7-9,18-19H2,1-2H3,(H,28,32). The van der Waals surface area contributed by atoms with E-state index in [4.69, 9.17) is 4.74 Å². The highest BCUT2D eigenvalue weighted by atomic mass is 16.5. The van der Waals surface area contributed by atoms with Crippen LogP contribution in [-0.4, -0.2) is 36.3 Å². The molecule has 3 aromatic rings. The molecule has 33 heavy (non-hydrogen) atoms. The molecular weight excluding hydrogens is 412 g/mol. The van der Waals surface area contributed by atoms with E-state index in [2.05, 4.69) is 39.5 Å². The highest BCUT2D eigenvalue weighted by molar-refractivity contribution is 5.93. The molecule has 1 unspecified atom stereocenters. The van der Waals surface area contributed by atoms with Crippen molar-refractivity contribution in [1.29, 1.82) is 0 Å². The predicted octanol–water partition coefficient (Wildman–Crippen LogP) is 5.35. The van der Waals surface area contributed by atoms with Crippen LogP contribution in [0.4, 0.5) is 11.5 Å². The second kappa shape index (κ2) is 10.9. The van der Waals surface area contributed by atoms with Crippen molar-refractivity contribution in [3.05, 3.63) is 66.2 Å². The average molecular weight is 445 g/mol. The van der Waals surface area contributed by atoms with Crippen molar-refractivity contribution in [2.24, 2.45) is 5.92 Å². The molecule has 4 rings (SSSR count). The lowest BCUT2D eigenvalue weighted by molar-refractivity contribution is -0.120. The van der Waals surface area contributed by atoms with Crippen LogP contribution in [0, 0.1) is 5.92 Å². The van der Waals surface area contributed by atoms with E-state index in [9.17, 15) is 4.79 Å². The molecule has 0 radical (unpaired) electrons. The minimum atomic E-state index is -0.0748. The van der Waals surface area contributed by atoms with E-state index in [-0.39, 0.29) is 11.8 Å². The van der Waals surface area contributed by atoms with Crippen LogP contribution in [0.15, 0.2) is 60.7 Å². The van der Waals surface area contributed by atoms with Gasteiger partial charge in [-0.3, -0.25) is 4.79 Å². The van der Waals surface area contributed by atoms with Crippen LogP contribution in [0.5, 0.6) is 5.75 Å². The van der Waals surface area contributed by atoms with Gasteiger partial charge in [-0.1, -0.05) is 37.6 Å². The Hall–Kier alpha value is -3.41. The first-order valence-electron chi connectivity index (χ1n) is 11.8. The molecule has 6 heteroatoms. The number of benzene rings is 2. The Labute approximate surface area is 196 Å². The number of nitrogens with one attached hydrogen (secondary N) is 1. The number of para-hydroxylation sites is 1. The van der Waals surface area contributed by atoms with Crippen molar-refractivity contribution >= 4 is 17.4 Å². The molecule has 1 aliphatic rings. The van der Waals surface area contributed by atoms with Crippen molar-refractivity contribution in [3.8, 4) is 17.0 Å². The number of carbonyl (C=O) groups excluding carboxylic acids is 1. The topological polar surface area (TPSA) is 67.4 Å². The van der Waals surface area contributed by atoms with Crippen molar-refractivity contribution in [2.75, 3.05) is 30.4 Å². The summed E-state index contributed by atoms with van der Waals surface area (Å²) in [7, 11) is 1.65. The third kappa shape index (κ3) is 5.69. The van der Waals surface area contributed by atoms with Gasteiger partial charge in [-0.25, -0.2) is 0 Å². The summed E-state index contributed by atoms with van der Waals surface area (Å²) in [6.07, 6.45) is 5.28. The van der Waals surface area contributed by atoms with E-state index < -0.39 is 0 Å². The lowest BCUT2D eigenvalue weighted by Crippen LogP contribution is -2.41. The highest BCUT2D eigenvalue weighted by Crippen LogP contribution is 2.29. The maximum atomic E-state index is 12.9. The van der Waals surface area contributed by atoms with Gasteiger partial charge in [-0.15, -0.1) is 10.2 Å². The van der Waals surface area contributed by atoms with Gasteiger partial charge < -0.3 is 15.0 Å². The number of nitrogens with zero attached hydrogens (tertiary/aromatic N) is 3. The fourth-order valence-corrected chi connectivity index (χ4v) is 4.27. The molecule has 1 saturated heterocycles. The van der Waals surface area contributed by atoms with Crippen molar-refractivity contribution in [1.82, 2.24) is 10.2 Å². The number of aryl methyl sites for hydroxylation is 1. The van der Waals surface area contributed by atoms with Crippen LogP contribution in [-0.2, 0) is 11.2 Å². The average Bonchev–Trinajstić information content (AvgIpc) is 2.88. The quantitative estimate of drug-likeness (QED) is 0.507. The summed E-state index contributed by atoms with van der Waals surface area (Å²) >= 11 is 0. The first kappa shape index (κ1) is 22.8. The Morgan fingerprint density at radius 1 is 1.09 bits per heavy atom. The molecule has 1 N–H and O–H groups in total. The van der Waals surface area contributed by atoms with E-state index in [1.165, 1.54) is 18.4 Å². The minimum absolute atomic E-state index is 0.0691. The fourth-order valence-electron chi connectivity index (χ4n) is 4.27. The molecule has 0 spiro atoms. The summed E-state index contributed by atoms with van der Waals surface area (Å²) in [6.45, 7) is 3.71. The molecule has 1 amide bonds. The third-order valence-electron chi connectivity index (χ3n) is 6.19. The predicted molar refractivity (Wildman–Crippen MR) is 133 cm³/mol. The van der Waals surface area contributed by atoms with E-state index >= 15 is 0 Å². The van der Waals surface area contributed by atoms with Gasteiger partial charge in [0.15, 0.2) is 5.82 Å². The zero-order valence-electron chi connectivity index (χ0n) is 19.5. The number of aromatic nitrogens is 2. The Kier molecular flexibility index (Phi) is 7.55. The number of rotatable bonds is 8. The molecule has 172 valence electrons. The summed E-state index contributed by atoms with van der Waals surface area (Å²) in [6, 6.07) is 19.9. The SMILES string of the molecule is CCCCc1ccc(NC(=O)C2CCCN(c3ccc(-c4ccccc4OC)nn3)C2)cc1. The summed E-state index contributed by atoms with van der Waals surface area (Å²) in [5, 5.41) is 12.0. The Balaban J connectivity index is 1.38. The van der Waals surface area contributed by atoms with E-state index in [0.29, 0.717) is 6.54 Å². The number of hydrogen-bond acceptors (Lipinski definition) is 5. The molecule has 1 aliphatic heterocycles. The van der Waals surface area contributed by atoms with Crippen molar-refractivity contribution < 1.29 is 9.53 Å². The number of ether oxygens (including phenoxy) is 1. The van der Waals surface area contributed by atoms with Crippen LogP contribution < -0.4 is 15.0 Å². The van der Waals surface area contributed by atoms with Crippen molar-refractivity contribution in [2.45, 2.75) is 39.0 Å². The number of piperidine rings is 1. The molecule has 1 aromatic heterocycles. The van der Waals surface area contributed by atoms with Crippen molar-refractivity contribution in [3.63, 3.8) is 0 Å². The second-order valence-electron chi connectivity index (χ2n) is 8.55. The Morgan fingerprint density at radius 3 is 2.64 bits per heavy atom. The lowest BCUT2D eigenvalue weighted by Gasteiger charge is -2.32. The molecule has 2 heterocycles. The lowest BCUT2D eigenvalue weighted by atomic mass is 9.97. The maximum absolute atomic E-state index is 12.9. The number of carbonyl (C=O) groups is 1. The van der Waals surface area contributed by atoms with Gasteiger partial charge >= 0.3 is 0 Å². The number of hydrogen-bond donors (Lipinski definition) is 1. The number of anilines is 2. The van der Waals surface area contributed by atoms with Gasteiger partial charge in [0.25, 0.3) is 0 Å². The van der Waals surface area contributed by atoms with E-state index in [1.54, 1.807) is 7.11 Å². The normalized spacial score (nSPS) is 15.8. The first-order chi connectivity index (χ1) is 16.2. The first-order valence-corrected chi connectivity index (χ1v) is 11.8. The Morgan fingerprint density at radius 2 is 1.91 bits per heavy atom. The molecule has 2 aromatic carbocycles. The molecule has 1 fully saturated rings. The molecular formula is C27H32N4O2. The largest absolute Gasteiger partial charge is 0.496 e. The third-order valence-corrected chi connectivity index (χ3v) is 6.19. The number of methoxy groups -OCH3 is 1. The summed E-state index contributed by atoms with van der Waals surface area (Å²) in [5.41, 5.74) is 3.85. The van der Waals surface area contributed by atoms with Crippen LogP contribution in [0.2, 0.25) is 0 Å². The van der Waals surface area contributed by atoms with Crippen LogP contribution >= 0.6 is 0 Å². The zero-order chi connectivity index (χ0) is 23.0. The van der Waals surface area contributed by atoms with Crippen LogP contribution in [0.1, 0.15) is 38.2 Å².